The SMILES string of the molecule is COCCNC(=O)N(CCCc1ccncc1)C(=N)N. The molecule has 0 fully saturated rings. The van der Waals surface area contributed by atoms with Crippen molar-refractivity contribution in [2.24, 2.45) is 5.73 Å². The van der Waals surface area contributed by atoms with E-state index in [1.807, 2.05) is 12.1 Å². The molecule has 0 aliphatic heterocycles. The molecule has 7 heteroatoms. The van der Waals surface area contributed by atoms with Gasteiger partial charge in [-0.05, 0) is 30.5 Å². The summed E-state index contributed by atoms with van der Waals surface area (Å²) in [6.45, 7) is 1.22. The van der Waals surface area contributed by atoms with Crippen LogP contribution >= 0.6 is 0 Å². The Morgan fingerprint density at radius 1 is 1.50 bits per heavy atom. The predicted octanol–water partition coefficient (Wildman–Crippen LogP) is 0.566. The van der Waals surface area contributed by atoms with Gasteiger partial charge in [-0.1, -0.05) is 0 Å². The van der Waals surface area contributed by atoms with Gasteiger partial charge < -0.3 is 15.8 Å². The minimum Gasteiger partial charge on any atom is -0.383 e. The first-order valence-corrected chi connectivity index (χ1v) is 6.42. The molecule has 0 saturated heterocycles. The van der Waals surface area contributed by atoms with Crippen molar-refractivity contribution in [2.45, 2.75) is 12.8 Å². The molecule has 20 heavy (non-hydrogen) atoms. The number of nitrogens with two attached hydrogens (primary N) is 1. The normalized spacial score (nSPS) is 10.1. The number of guanidine groups is 1. The highest BCUT2D eigenvalue weighted by molar-refractivity contribution is 5.93. The number of aromatic nitrogens is 1. The van der Waals surface area contributed by atoms with Crippen LogP contribution in [0.2, 0.25) is 0 Å². The minimum absolute atomic E-state index is 0.255. The van der Waals surface area contributed by atoms with E-state index in [4.69, 9.17) is 15.9 Å². The maximum absolute atomic E-state index is 11.8. The summed E-state index contributed by atoms with van der Waals surface area (Å²) in [6.07, 6.45) is 4.99. The Morgan fingerprint density at radius 3 is 2.80 bits per heavy atom. The number of methoxy groups -OCH3 is 1. The summed E-state index contributed by atoms with van der Waals surface area (Å²) in [4.78, 5) is 17.0. The number of aryl methyl sites for hydroxylation is 1. The third-order valence-corrected chi connectivity index (χ3v) is 2.71. The Balaban J connectivity index is 2.39. The molecule has 4 N–H and O–H groups in total. The monoisotopic (exact) mass is 279 g/mol. The largest absolute Gasteiger partial charge is 0.383 e. The van der Waals surface area contributed by atoms with Gasteiger partial charge in [-0.3, -0.25) is 15.3 Å². The van der Waals surface area contributed by atoms with Crippen LogP contribution < -0.4 is 11.1 Å². The van der Waals surface area contributed by atoms with E-state index in [1.54, 1.807) is 19.5 Å². The lowest BCUT2D eigenvalue weighted by Gasteiger charge is -2.21. The number of rotatable bonds is 7. The third-order valence-electron chi connectivity index (χ3n) is 2.71. The number of nitrogens with one attached hydrogen (secondary N) is 2. The standard InChI is InChI=1S/C13H21N5O2/c1-20-10-8-17-13(19)18(12(14)15)9-2-3-11-4-6-16-7-5-11/h4-7H,2-3,8-10H2,1H3,(H3,14,15)(H,17,19). The number of pyridine rings is 1. The number of carbonyl (C=O) groups excluding carboxylic acids is 1. The van der Waals surface area contributed by atoms with Gasteiger partial charge >= 0.3 is 6.03 Å². The molecule has 0 spiro atoms. The molecule has 1 rings (SSSR count). The minimum atomic E-state index is -0.371. The molecule has 1 aromatic rings. The Bertz CT molecular complexity index is 424. The second-order valence-corrected chi connectivity index (χ2v) is 4.22. The Labute approximate surface area is 118 Å². The third kappa shape index (κ3) is 5.66. The van der Waals surface area contributed by atoms with Gasteiger partial charge in [-0.2, -0.15) is 0 Å². The molecule has 0 atom stereocenters. The average molecular weight is 279 g/mol. The van der Waals surface area contributed by atoms with Crippen molar-refractivity contribution in [1.29, 1.82) is 5.41 Å². The fourth-order valence-electron chi connectivity index (χ4n) is 1.68. The first-order valence-electron chi connectivity index (χ1n) is 6.42. The number of ether oxygens (including phenoxy) is 1. The summed E-state index contributed by atoms with van der Waals surface area (Å²) in [5.41, 5.74) is 6.57. The van der Waals surface area contributed by atoms with Crippen molar-refractivity contribution in [3.63, 3.8) is 0 Å². The Morgan fingerprint density at radius 2 is 2.20 bits per heavy atom. The molecule has 0 aliphatic rings. The Kier molecular flexibility index (Phi) is 7.05. The zero-order valence-electron chi connectivity index (χ0n) is 11.6. The molecular weight excluding hydrogens is 258 g/mol. The average Bonchev–Trinajstić information content (AvgIpc) is 2.44. The van der Waals surface area contributed by atoms with Crippen molar-refractivity contribution >= 4 is 12.0 Å². The first-order chi connectivity index (χ1) is 9.65. The van der Waals surface area contributed by atoms with Crippen molar-refractivity contribution in [1.82, 2.24) is 15.2 Å². The molecule has 1 aromatic heterocycles. The second-order valence-electron chi connectivity index (χ2n) is 4.22. The maximum Gasteiger partial charge on any atom is 0.324 e. The summed E-state index contributed by atoms with van der Waals surface area (Å²) in [6, 6.07) is 3.48. The second kappa shape index (κ2) is 8.87. The van der Waals surface area contributed by atoms with Gasteiger partial charge in [0.2, 0.25) is 0 Å². The van der Waals surface area contributed by atoms with E-state index in [-0.39, 0.29) is 12.0 Å². The molecule has 1 heterocycles. The van der Waals surface area contributed by atoms with E-state index in [0.29, 0.717) is 19.7 Å². The van der Waals surface area contributed by atoms with E-state index in [0.717, 1.165) is 18.4 Å². The fourth-order valence-corrected chi connectivity index (χ4v) is 1.68. The maximum atomic E-state index is 11.8. The van der Waals surface area contributed by atoms with E-state index >= 15 is 0 Å². The van der Waals surface area contributed by atoms with E-state index in [9.17, 15) is 4.79 Å². The molecule has 2 amide bonds. The van der Waals surface area contributed by atoms with Crippen LogP contribution in [0.1, 0.15) is 12.0 Å². The van der Waals surface area contributed by atoms with Gasteiger partial charge in [-0.15, -0.1) is 0 Å². The lowest BCUT2D eigenvalue weighted by Crippen LogP contribution is -2.48. The van der Waals surface area contributed by atoms with Gasteiger partial charge in [0.1, 0.15) is 0 Å². The number of nitrogens with zero attached hydrogens (tertiary/aromatic N) is 2. The quantitative estimate of drug-likeness (QED) is 0.385. The van der Waals surface area contributed by atoms with Gasteiger partial charge in [0.15, 0.2) is 5.96 Å². The van der Waals surface area contributed by atoms with Gasteiger partial charge in [0.05, 0.1) is 6.61 Å². The molecule has 7 nitrogen and oxygen atoms in total. The van der Waals surface area contributed by atoms with Crippen molar-refractivity contribution in [2.75, 3.05) is 26.8 Å². The smallest absolute Gasteiger partial charge is 0.324 e. The zero-order valence-corrected chi connectivity index (χ0v) is 11.6. The summed E-state index contributed by atoms with van der Waals surface area (Å²) >= 11 is 0. The number of hydrogen-bond donors (Lipinski definition) is 3. The number of amides is 2. The zero-order chi connectivity index (χ0) is 14.8. The summed E-state index contributed by atoms with van der Waals surface area (Å²) in [7, 11) is 1.56. The van der Waals surface area contributed by atoms with E-state index in [2.05, 4.69) is 10.3 Å². The highest BCUT2D eigenvalue weighted by atomic mass is 16.5. The summed E-state index contributed by atoms with van der Waals surface area (Å²) in [5.74, 6) is -0.255. The molecule has 110 valence electrons. The van der Waals surface area contributed by atoms with Crippen molar-refractivity contribution in [3.05, 3.63) is 30.1 Å². The lowest BCUT2D eigenvalue weighted by atomic mass is 10.1. The van der Waals surface area contributed by atoms with E-state index < -0.39 is 0 Å². The number of carbonyl (C=O) groups is 1. The first kappa shape index (κ1) is 15.9. The molecule has 0 saturated carbocycles. The van der Waals surface area contributed by atoms with Crippen LogP contribution in [0.4, 0.5) is 4.79 Å². The van der Waals surface area contributed by atoms with Crippen LogP contribution in [0.15, 0.2) is 24.5 Å². The molecule has 0 aliphatic carbocycles. The molecule has 0 bridgehead atoms. The van der Waals surface area contributed by atoms with Gasteiger partial charge in [0, 0.05) is 32.6 Å². The highest BCUT2D eigenvalue weighted by Gasteiger charge is 2.15. The van der Waals surface area contributed by atoms with Crippen LogP contribution in [-0.4, -0.2) is 48.7 Å². The van der Waals surface area contributed by atoms with Crippen LogP contribution in [0.25, 0.3) is 0 Å². The highest BCUT2D eigenvalue weighted by Crippen LogP contribution is 2.02. The van der Waals surface area contributed by atoms with Crippen molar-refractivity contribution < 1.29 is 9.53 Å². The molecule has 0 radical (unpaired) electrons. The predicted molar refractivity (Wildman–Crippen MR) is 76.5 cm³/mol. The summed E-state index contributed by atoms with van der Waals surface area (Å²) < 4.78 is 4.85. The van der Waals surface area contributed by atoms with Gasteiger partial charge in [0.25, 0.3) is 0 Å². The Hall–Kier alpha value is -2.15. The molecule has 0 unspecified atom stereocenters. The molecular formula is C13H21N5O2. The van der Waals surface area contributed by atoms with E-state index in [1.165, 1.54) is 4.90 Å². The van der Waals surface area contributed by atoms with Gasteiger partial charge in [-0.25, -0.2) is 4.79 Å². The van der Waals surface area contributed by atoms with Crippen LogP contribution in [0.5, 0.6) is 0 Å². The van der Waals surface area contributed by atoms with Crippen molar-refractivity contribution in [3.8, 4) is 0 Å². The fraction of sp³-hybridized carbons (Fsp3) is 0.462. The van der Waals surface area contributed by atoms with Crippen LogP contribution in [-0.2, 0) is 11.2 Å². The topological polar surface area (TPSA) is 104 Å². The molecule has 0 aromatic carbocycles. The van der Waals surface area contributed by atoms with Crippen LogP contribution in [0.3, 0.4) is 0 Å². The number of urea groups is 1. The number of hydrogen-bond acceptors (Lipinski definition) is 4. The van der Waals surface area contributed by atoms with Crippen LogP contribution in [0, 0.1) is 5.41 Å². The lowest BCUT2D eigenvalue weighted by molar-refractivity contribution is 0.189. The summed E-state index contributed by atoms with van der Waals surface area (Å²) in [5, 5.41) is 10.1.